The molecule has 0 radical (unpaired) electrons. The highest BCUT2D eigenvalue weighted by Crippen LogP contribution is 2.26. The molecule has 0 aliphatic rings. The molecule has 0 unspecified atom stereocenters. The van der Waals surface area contributed by atoms with E-state index in [-0.39, 0.29) is 5.57 Å². The lowest BCUT2D eigenvalue weighted by molar-refractivity contribution is -0.114. The maximum absolute atomic E-state index is 10.9. The fourth-order valence-corrected chi connectivity index (χ4v) is 2.05. The van der Waals surface area contributed by atoms with Crippen molar-refractivity contribution < 1.29 is 4.79 Å². The van der Waals surface area contributed by atoms with Crippen molar-refractivity contribution in [2.45, 2.75) is 0 Å². The minimum absolute atomic E-state index is 0.0606. The second-order valence-electron chi connectivity index (χ2n) is 3.64. The zero-order valence-electron chi connectivity index (χ0n) is 9.57. The first-order chi connectivity index (χ1) is 7.95. The molecule has 0 saturated carbocycles. The van der Waals surface area contributed by atoms with Crippen molar-refractivity contribution in [3.05, 3.63) is 33.8 Å². The minimum atomic E-state index is -0.722. The van der Waals surface area contributed by atoms with Crippen molar-refractivity contribution in [1.82, 2.24) is 0 Å². The summed E-state index contributed by atoms with van der Waals surface area (Å²) in [6, 6.07) is 7.31. The molecule has 0 saturated heterocycles. The Morgan fingerprint density at radius 3 is 2.59 bits per heavy atom. The Morgan fingerprint density at radius 2 is 2.18 bits per heavy atom. The third-order valence-corrected chi connectivity index (χ3v) is 2.79. The van der Waals surface area contributed by atoms with Gasteiger partial charge < -0.3 is 10.6 Å². The van der Waals surface area contributed by atoms with Crippen molar-refractivity contribution in [2.75, 3.05) is 19.0 Å². The van der Waals surface area contributed by atoms with Crippen LogP contribution in [0, 0.1) is 11.3 Å². The molecule has 1 amide bonds. The Morgan fingerprint density at radius 1 is 1.53 bits per heavy atom. The third kappa shape index (κ3) is 3.33. The van der Waals surface area contributed by atoms with E-state index in [1.54, 1.807) is 6.07 Å². The molecule has 4 nitrogen and oxygen atoms in total. The molecule has 1 rings (SSSR count). The van der Waals surface area contributed by atoms with E-state index in [9.17, 15) is 4.79 Å². The molecule has 0 aromatic heterocycles. The molecule has 0 aliphatic carbocycles. The van der Waals surface area contributed by atoms with Crippen molar-refractivity contribution in [3.8, 4) is 6.07 Å². The minimum Gasteiger partial charge on any atom is -0.377 e. The molecular formula is C12H12BrN3O. The number of halogens is 1. The van der Waals surface area contributed by atoms with Gasteiger partial charge >= 0.3 is 0 Å². The summed E-state index contributed by atoms with van der Waals surface area (Å²) in [6.07, 6.45) is 1.46. The van der Waals surface area contributed by atoms with Crippen molar-refractivity contribution in [1.29, 1.82) is 5.26 Å². The van der Waals surface area contributed by atoms with Crippen LogP contribution in [0.2, 0.25) is 0 Å². The largest absolute Gasteiger partial charge is 0.377 e. The Labute approximate surface area is 108 Å². The van der Waals surface area contributed by atoms with E-state index in [0.717, 1.165) is 15.7 Å². The predicted molar refractivity (Wildman–Crippen MR) is 71.3 cm³/mol. The zero-order valence-corrected chi connectivity index (χ0v) is 11.2. The van der Waals surface area contributed by atoms with Gasteiger partial charge in [0.15, 0.2) is 0 Å². The molecule has 0 aliphatic heterocycles. The molecule has 88 valence electrons. The normalized spacial score (nSPS) is 10.8. The van der Waals surface area contributed by atoms with E-state index >= 15 is 0 Å². The SMILES string of the molecule is CN(C)c1ccc(C=C(C#N)C(N)=O)cc1Br. The number of anilines is 1. The quantitative estimate of drug-likeness (QED) is 0.684. The summed E-state index contributed by atoms with van der Waals surface area (Å²) in [5, 5.41) is 8.73. The molecule has 5 heteroatoms. The maximum Gasteiger partial charge on any atom is 0.259 e. The first-order valence-corrected chi connectivity index (χ1v) is 5.63. The van der Waals surface area contributed by atoms with Crippen LogP contribution in [-0.2, 0) is 4.79 Å². The topological polar surface area (TPSA) is 70.1 Å². The Balaban J connectivity index is 3.15. The number of rotatable bonds is 3. The number of carbonyl (C=O) groups excluding carboxylic acids is 1. The molecule has 17 heavy (non-hydrogen) atoms. The van der Waals surface area contributed by atoms with E-state index in [0.29, 0.717) is 0 Å². The fourth-order valence-electron chi connectivity index (χ4n) is 1.30. The number of amides is 1. The number of nitrogens with zero attached hydrogens (tertiary/aromatic N) is 2. The summed E-state index contributed by atoms with van der Waals surface area (Å²) in [6.45, 7) is 0. The van der Waals surface area contributed by atoms with Gasteiger partial charge in [0.05, 0.1) is 5.69 Å². The lowest BCUT2D eigenvalue weighted by atomic mass is 10.1. The summed E-state index contributed by atoms with van der Waals surface area (Å²) in [5.74, 6) is -0.722. The van der Waals surface area contributed by atoms with Crippen LogP contribution in [-0.4, -0.2) is 20.0 Å². The average Bonchev–Trinajstić information content (AvgIpc) is 2.24. The zero-order chi connectivity index (χ0) is 13.0. The number of benzene rings is 1. The molecule has 1 aromatic rings. The van der Waals surface area contributed by atoms with Crippen molar-refractivity contribution >= 4 is 33.6 Å². The standard InChI is InChI=1S/C12H12BrN3O/c1-16(2)11-4-3-8(6-10(11)13)5-9(7-14)12(15)17/h3-6H,1-2H3,(H2,15,17). The highest BCUT2D eigenvalue weighted by Gasteiger charge is 2.06. The number of hydrogen-bond donors (Lipinski definition) is 1. The van der Waals surface area contributed by atoms with Gasteiger partial charge in [0.25, 0.3) is 5.91 Å². The van der Waals surface area contributed by atoms with Crippen LogP contribution in [0.4, 0.5) is 5.69 Å². The Bertz CT molecular complexity index is 515. The second kappa shape index (κ2) is 5.51. The summed E-state index contributed by atoms with van der Waals surface area (Å²) < 4.78 is 0.887. The van der Waals surface area contributed by atoms with Gasteiger partial charge in [-0.1, -0.05) is 6.07 Å². The van der Waals surface area contributed by atoms with E-state index < -0.39 is 5.91 Å². The highest BCUT2D eigenvalue weighted by molar-refractivity contribution is 9.10. The van der Waals surface area contributed by atoms with Gasteiger partial charge in [0.1, 0.15) is 11.6 Å². The average molecular weight is 294 g/mol. The number of primary amides is 1. The van der Waals surface area contributed by atoms with Gasteiger partial charge in [0.2, 0.25) is 0 Å². The number of hydrogen-bond acceptors (Lipinski definition) is 3. The first kappa shape index (κ1) is 13.3. The first-order valence-electron chi connectivity index (χ1n) is 4.84. The smallest absolute Gasteiger partial charge is 0.259 e. The molecule has 2 N–H and O–H groups in total. The van der Waals surface area contributed by atoms with Crippen LogP contribution in [0.1, 0.15) is 5.56 Å². The Kier molecular flexibility index (Phi) is 4.30. The van der Waals surface area contributed by atoms with Crippen molar-refractivity contribution in [3.63, 3.8) is 0 Å². The van der Waals surface area contributed by atoms with E-state index in [4.69, 9.17) is 11.0 Å². The van der Waals surface area contributed by atoms with Gasteiger partial charge in [-0.05, 0) is 39.7 Å². The number of nitriles is 1. The van der Waals surface area contributed by atoms with E-state index in [1.807, 2.05) is 37.2 Å². The van der Waals surface area contributed by atoms with Gasteiger partial charge in [-0.3, -0.25) is 4.79 Å². The summed E-state index contributed by atoms with van der Waals surface area (Å²) in [5.41, 5.74) is 6.76. The molecule has 0 atom stereocenters. The lowest BCUT2D eigenvalue weighted by Crippen LogP contribution is -2.12. The maximum atomic E-state index is 10.9. The molecule has 0 spiro atoms. The molecule has 0 bridgehead atoms. The molecule has 0 fully saturated rings. The lowest BCUT2D eigenvalue weighted by Gasteiger charge is -2.14. The van der Waals surface area contributed by atoms with Gasteiger partial charge in [0, 0.05) is 18.6 Å². The number of carbonyl (C=O) groups is 1. The van der Waals surface area contributed by atoms with Crippen LogP contribution in [0.25, 0.3) is 6.08 Å². The van der Waals surface area contributed by atoms with Gasteiger partial charge in [-0.15, -0.1) is 0 Å². The van der Waals surface area contributed by atoms with Crippen LogP contribution < -0.4 is 10.6 Å². The van der Waals surface area contributed by atoms with Gasteiger partial charge in [-0.2, -0.15) is 5.26 Å². The fraction of sp³-hybridized carbons (Fsp3) is 0.167. The van der Waals surface area contributed by atoms with Crippen LogP contribution >= 0.6 is 15.9 Å². The van der Waals surface area contributed by atoms with E-state index in [2.05, 4.69) is 15.9 Å². The third-order valence-electron chi connectivity index (χ3n) is 2.15. The molecule has 1 aromatic carbocycles. The van der Waals surface area contributed by atoms with Crippen LogP contribution in [0.15, 0.2) is 28.2 Å². The summed E-state index contributed by atoms with van der Waals surface area (Å²) in [4.78, 5) is 12.9. The number of nitrogens with two attached hydrogens (primary N) is 1. The molecule has 0 heterocycles. The van der Waals surface area contributed by atoms with Gasteiger partial charge in [-0.25, -0.2) is 0 Å². The highest BCUT2D eigenvalue weighted by atomic mass is 79.9. The monoisotopic (exact) mass is 293 g/mol. The second-order valence-corrected chi connectivity index (χ2v) is 4.49. The summed E-state index contributed by atoms with van der Waals surface area (Å²) >= 11 is 3.43. The summed E-state index contributed by atoms with van der Waals surface area (Å²) in [7, 11) is 3.86. The molecular weight excluding hydrogens is 282 g/mol. The van der Waals surface area contributed by atoms with Crippen LogP contribution in [0.5, 0.6) is 0 Å². The van der Waals surface area contributed by atoms with E-state index in [1.165, 1.54) is 6.08 Å². The van der Waals surface area contributed by atoms with Crippen LogP contribution in [0.3, 0.4) is 0 Å². The predicted octanol–water partition coefficient (Wildman–Crippen LogP) is 1.91. The van der Waals surface area contributed by atoms with Crippen molar-refractivity contribution in [2.24, 2.45) is 5.73 Å². The Hall–Kier alpha value is -1.80.